The van der Waals surface area contributed by atoms with Gasteiger partial charge in [0.05, 0.1) is 5.02 Å². The highest BCUT2D eigenvalue weighted by atomic mass is 35.5. The minimum absolute atomic E-state index is 0.144. The highest BCUT2D eigenvalue weighted by Gasteiger charge is 2.23. The Balaban J connectivity index is 2.55. The zero-order chi connectivity index (χ0) is 15.7. The molecule has 0 aliphatic carbocycles. The number of hydrogen-bond donors (Lipinski definition) is 0. The Bertz CT molecular complexity index is 699. The molecule has 0 N–H and O–H groups in total. The standard InChI is InChI=1S/C13H11Cl4N3O/c1-19(10(21)6-14)13-11(17)12(18-20(13)2)8-4-3-7(15)5-9(8)16/h3-5H,6H2,1-2H3. The van der Waals surface area contributed by atoms with Crippen molar-refractivity contribution in [3.8, 4) is 11.3 Å². The van der Waals surface area contributed by atoms with E-state index in [-0.39, 0.29) is 11.8 Å². The number of hydrogen-bond acceptors (Lipinski definition) is 2. The summed E-state index contributed by atoms with van der Waals surface area (Å²) in [7, 11) is 3.27. The normalized spacial score (nSPS) is 10.8. The van der Waals surface area contributed by atoms with Gasteiger partial charge in [0.25, 0.3) is 0 Å². The van der Waals surface area contributed by atoms with Crippen molar-refractivity contribution in [2.75, 3.05) is 17.8 Å². The molecule has 0 aliphatic heterocycles. The first-order valence-electron chi connectivity index (χ1n) is 5.87. The van der Waals surface area contributed by atoms with Gasteiger partial charge in [-0.15, -0.1) is 11.6 Å². The predicted octanol–water partition coefficient (Wildman–Crippen LogP) is 4.25. The second-order valence-electron chi connectivity index (χ2n) is 4.32. The first-order chi connectivity index (χ1) is 9.86. The smallest absolute Gasteiger partial charge is 0.242 e. The number of carbonyl (C=O) groups excluding carboxylic acids is 1. The van der Waals surface area contributed by atoms with Crippen LogP contribution in [0.15, 0.2) is 18.2 Å². The van der Waals surface area contributed by atoms with E-state index in [0.29, 0.717) is 32.1 Å². The van der Waals surface area contributed by atoms with Gasteiger partial charge in [0.1, 0.15) is 16.6 Å². The molecule has 0 bridgehead atoms. The summed E-state index contributed by atoms with van der Waals surface area (Å²) in [6.07, 6.45) is 0. The molecule has 1 aromatic carbocycles. The molecular formula is C13H11Cl4N3O. The lowest BCUT2D eigenvalue weighted by molar-refractivity contribution is -0.116. The predicted molar refractivity (Wildman–Crippen MR) is 87.8 cm³/mol. The summed E-state index contributed by atoms with van der Waals surface area (Å²) in [5.41, 5.74) is 1.12. The Morgan fingerprint density at radius 3 is 2.57 bits per heavy atom. The fourth-order valence-corrected chi connectivity index (χ4v) is 2.98. The Hall–Kier alpha value is -0.940. The number of rotatable bonds is 3. The van der Waals surface area contributed by atoms with E-state index in [9.17, 15) is 4.79 Å². The molecule has 0 radical (unpaired) electrons. The number of anilines is 1. The average Bonchev–Trinajstić information content (AvgIpc) is 2.72. The summed E-state index contributed by atoms with van der Waals surface area (Å²) in [6, 6.07) is 5.03. The molecule has 1 heterocycles. The van der Waals surface area contributed by atoms with Crippen LogP contribution in [-0.2, 0) is 11.8 Å². The summed E-state index contributed by atoms with van der Waals surface area (Å²) < 4.78 is 1.51. The van der Waals surface area contributed by atoms with Crippen molar-refractivity contribution < 1.29 is 4.79 Å². The number of benzene rings is 1. The molecule has 2 rings (SSSR count). The highest BCUT2D eigenvalue weighted by molar-refractivity contribution is 6.39. The molecule has 112 valence electrons. The minimum Gasteiger partial charge on any atom is -0.298 e. The van der Waals surface area contributed by atoms with Gasteiger partial charge in [-0.2, -0.15) is 5.10 Å². The lowest BCUT2D eigenvalue weighted by Gasteiger charge is -2.16. The molecule has 1 aromatic heterocycles. The van der Waals surface area contributed by atoms with Crippen LogP contribution in [0.4, 0.5) is 5.82 Å². The molecule has 0 fully saturated rings. The number of nitrogens with zero attached hydrogens (tertiary/aromatic N) is 3. The van der Waals surface area contributed by atoms with Crippen LogP contribution < -0.4 is 4.90 Å². The van der Waals surface area contributed by atoms with Crippen molar-refractivity contribution in [2.45, 2.75) is 0 Å². The van der Waals surface area contributed by atoms with Crippen LogP contribution in [0.1, 0.15) is 0 Å². The largest absolute Gasteiger partial charge is 0.298 e. The molecule has 8 heteroatoms. The van der Waals surface area contributed by atoms with Gasteiger partial charge >= 0.3 is 0 Å². The molecule has 0 spiro atoms. The van der Waals surface area contributed by atoms with Gasteiger partial charge in [0, 0.05) is 24.7 Å². The van der Waals surface area contributed by atoms with E-state index in [1.165, 1.54) is 9.58 Å². The maximum atomic E-state index is 11.7. The van der Waals surface area contributed by atoms with E-state index in [1.807, 2.05) is 0 Å². The van der Waals surface area contributed by atoms with Gasteiger partial charge in [0.15, 0.2) is 5.82 Å². The van der Waals surface area contributed by atoms with E-state index < -0.39 is 0 Å². The van der Waals surface area contributed by atoms with Gasteiger partial charge in [-0.05, 0) is 18.2 Å². The highest BCUT2D eigenvalue weighted by Crippen LogP contribution is 2.38. The van der Waals surface area contributed by atoms with Crippen molar-refractivity contribution >= 4 is 58.1 Å². The van der Waals surface area contributed by atoms with Crippen molar-refractivity contribution in [1.29, 1.82) is 0 Å². The zero-order valence-corrected chi connectivity index (χ0v) is 14.2. The Morgan fingerprint density at radius 2 is 2.00 bits per heavy atom. The Labute approximate surface area is 142 Å². The van der Waals surface area contributed by atoms with E-state index in [1.54, 1.807) is 32.3 Å². The monoisotopic (exact) mass is 365 g/mol. The first kappa shape index (κ1) is 16.4. The first-order valence-corrected chi connectivity index (χ1v) is 7.54. The molecule has 0 saturated carbocycles. The van der Waals surface area contributed by atoms with Gasteiger partial charge < -0.3 is 0 Å². The molecule has 0 unspecified atom stereocenters. The lowest BCUT2D eigenvalue weighted by Crippen LogP contribution is -2.29. The van der Waals surface area contributed by atoms with Crippen LogP contribution in [0.25, 0.3) is 11.3 Å². The third-order valence-corrected chi connectivity index (χ3v) is 4.08. The van der Waals surface area contributed by atoms with Gasteiger partial charge in [-0.1, -0.05) is 34.8 Å². The second kappa shape index (κ2) is 6.44. The SMILES string of the molecule is CN(C(=O)CCl)c1c(Cl)c(-c2ccc(Cl)cc2Cl)nn1C. The van der Waals surface area contributed by atoms with Gasteiger partial charge in [-0.3, -0.25) is 14.4 Å². The van der Waals surface area contributed by atoms with Gasteiger partial charge in [0.2, 0.25) is 5.91 Å². The molecule has 21 heavy (non-hydrogen) atoms. The lowest BCUT2D eigenvalue weighted by atomic mass is 10.1. The maximum absolute atomic E-state index is 11.7. The van der Waals surface area contributed by atoms with Crippen LogP contribution >= 0.6 is 46.4 Å². The molecular weight excluding hydrogens is 356 g/mol. The van der Waals surface area contributed by atoms with Crippen LogP contribution in [0.5, 0.6) is 0 Å². The number of alkyl halides is 1. The third kappa shape index (κ3) is 3.14. The summed E-state index contributed by atoms with van der Waals surface area (Å²) in [4.78, 5) is 13.1. The Kier molecular flexibility index (Phi) is 5.04. The minimum atomic E-state index is -0.282. The molecule has 0 saturated heterocycles. The molecule has 4 nitrogen and oxygen atoms in total. The summed E-state index contributed by atoms with van der Waals surface area (Å²) in [5.74, 6) is 0.0216. The van der Waals surface area contributed by atoms with Gasteiger partial charge in [-0.25, -0.2) is 0 Å². The molecule has 1 amide bonds. The topological polar surface area (TPSA) is 38.1 Å². The van der Waals surface area contributed by atoms with E-state index in [0.717, 1.165) is 0 Å². The number of aryl methyl sites for hydroxylation is 1. The van der Waals surface area contributed by atoms with Crippen LogP contribution in [0.3, 0.4) is 0 Å². The van der Waals surface area contributed by atoms with Crippen LogP contribution in [0.2, 0.25) is 15.1 Å². The maximum Gasteiger partial charge on any atom is 0.242 e. The van der Waals surface area contributed by atoms with Crippen molar-refractivity contribution in [2.24, 2.45) is 7.05 Å². The fraction of sp³-hybridized carbons (Fsp3) is 0.231. The van der Waals surface area contributed by atoms with Crippen molar-refractivity contribution in [3.63, 3.8) is 0 Å². The Morgan fingerprint density at radius 1 is 1.33 bits per heavy atom. The van der Waals surface area contributed by atoms with E-state index >= 15 is 0 Å². The number of aromatic nitrogens is 2. The fourth-order valence-electron chi connectivity index (χ4n) is 1.91. The zero-order valence-electron chi connectivity index (χ0n) is 11.2. The third-order valence-electron chi connectivity index (χ3n) is 2.95. The summed E-state index contributed by atoms with van der Waals surface area (Å²) in [6.45, 7) is 0. The summed E-state index contributed by atoms with van der Waals surface area (Å²) in [5, 5.41) is 5.60. The molecule has 2 aromatic rings. The second-order valence-corrected chi connectivity index (χ2v) is 5.81. The van der Waals surface area contributed by atoms with E-state index in [2.05, 4.69) is 5.10 Å². The quantitative estimate of drug-likeness (QED) is 0.761. The number of carbonyl (C=O) groups is 1. The van der Waals surface area contributed by atoms with Crippen molar-refractivity contribution in [1.82, 2.24) is 9.78 Å². The van der Waals surface area contributed by atoms with Crippen LogP contribution in [0, 0.1) is 0 Å². The number of halogens is 4. The molecule has 0 aliphatic rings. The van der Waals surface area contributed by atoms with E-state index in [4.69, 9.17) is 46.4 Å². The van der Waals surface area contributed by atoms with Crippen LogP contribution in [-0.4, -0.2) is 28.6 Å². The summed E-state index contributed by atoms with van der Waals surface area (Å²) >= 11 is 24.0. The van der Waals surface area contributed by atoms with Crippen molar-refractivity contribution in [3.05, 3.63) is 33.3 Å². The average molecular weight is 367 g/mol. The molecule has 0 atom stereocenters. The number of amides is 1.